The summed E-state index contributed by atoms with van der Waals surface area (Å²) in [6.07, 6.45) is 3.63. The molecule has 0 amide bonds. The molecule has 0 aliphatic heterocycles. The molecule has 0 saturated carbocycles. The molecule has 168 valence electrons. The van der Waals surface area contributed by atoms with Gasteiger partial charge in [0.1, 0.15) is 0 Å². The van der Waals surface area contributed by atoms with Crippen LogP contribution in [0.2, 0.25) is 0 Å². The normalized spacial score (nSPS) is 11.5. The summed E-state index contributed by atoms with van der Waals surface area (Å²) in [5, 5.41) is 0. The average molecular weight is 458 g/mol. The Hall–Kier alpha value is -3.48. The van der Waals surface area contributed by atoms with Crippen LogP contribution in [0.5, 0.6) is 0 Å². The predicted molar refractivity (Wildman–Crippen MR) is 132 cm³/mol. The van der Waals surface area contributed by atoms with Crippen LogP contribution in [-0.4, -0.2) is 18.3 Å². The van der Waals surface area contributed by atoms with Crippen LogP contribution < -0.4 is 4.72 Å². The van der Waals surface area contributed by atoms with Crippen molar-refractivity contribution in [3.05, 3.63) is 126 Å². The van der Waals surface area contributed by atoms with Gasteiger partial charge in [0.15, 0.2) is 0 Å². The molecule has 1 heterocycles. The number of pyridine rings is 1. The van der Waals surface area contributed by atoms with Gasteiger partial charge < -0.3 is 0 Å². The molecular weight excluding hydrogens is 430 g/mol. The molecule has 0 fully saturated rings. The average Bonchev–Trinajstić information content (AvgIpc) is 2.81. The van der Waals surface area contributed by atoms with Crippen LogP contribution in [0.4, 0.5) is 5.69 Å². The zero-order chi connectivity index (χ0) is 23.1. The largest absolute Gasteiger partial charge is 0.290 e. The van der Waals surface area contributed by atoms with E-state index in [1.807, 2.05) is 67.7 Å². The zero-order valence-electron chi connectivity index (χ0n) is 18.6. The highest BCUT2D eigenvalue weighted by molar-refractivity contribution is 7.92. The van der Waals surface area contributed by atoms with E-state index >= 15 is 0 Å². The van der Waals surface area contributed by atoms with Gasteiger partial charge in [0.05, 0.1) is 10.6 Å². The first-order valence-corrected chi connectivity index (χ1v) is 12.3. The maximum absolute atomic E-state index is 13.0. The van der Waals surface area contributed by atoms with Gasteiger partial charge in [0.25, 0.3) is 10.0 Å². The van der Waals surface area contributed by atoms with Crippen LogP contribution in [-0.2, 0) is 29.7 Å². The molecule has 0 atom stereocenters. The molecule has 33 heavy (non-hydrogen) atoms. The van der Waals surface area contributed by atoms with Crippen LogP contribution in [0.25, 0.3) is 0 Å². The number of hydrogen-bond acceptors (Lipinski definition) is 4. The number of hydrogen-bond donors (Lipinski definition) is 1. The number of rotatable bonds is 9. The predicted octanol–water partition coefficient (Wildman–Crippen LogP) is 5.39. The summed E-state index contributed by atoms with van der Waals surface area (Å²) in [6, 6.07) is 28.7. The number of benzene rings is 3. The topological polar surface area (TPSA) is 62.3 Å². The van der Waals surface area contributed by atoms with Gasteiger partial charge in [-0.15, -0.1) is 0 Å². The van der Waals surface area contributed by atoms with E-state index in [0.29, 0.717) is 18.8 Å². The molecule has 4 rings (SSSR count). The first kappa shape index (κ1) is 22.7. The second-order valence-corrected chi connectivity index (χ2v) is 9.75. The Bertz CT molecular complexity index is 1250. The van der Waals surface area contributed by atoms with Crippen molar-refractivity contribution in [1.82, 2.24) is 9.88 Å². The van der Waals surface area contributed by atoms with E-state index < -0.39 is 10.0 Å². The molecule has 6 heteroatoms. The number of nitrogens with one attached hydrogen (secondary N) is 1. The summed E-state index contributed by atoms with van der Waals surface area (Å²) in [5.41, 5.74) is 4.69. The molecule has 0 radical (unpaired) electrons. The monoisotopic (exact) mass is 457 g/mol. The fourth-order valence-corrected chi connectivity index (χ4v) is 4.95. The van der Waals surface area contributed by atoms with Crippen LogP contribution in [0.3, 0.4) is 0 Å². The molecule has 1 aromatic heterocycles. The van der Waals surface area contributed by atoms with Crippen molar-refractivity contribution in [3.63, 3.8) is 0 Å². The smallest absolute Gasteiger partial charge is 0.261 e. The minimum Gasteiger partial charge on any atom is -0.290 e. The van der Waals surface area contributed by atoms with Crippen molar-refractivity contribution in [1.29, 1.82) is 0 Å². The lowest BCUT2D eigenvalue weighted by Crippen LogP contribution is -2.23. The van der Waals surface area contributed by atoms with Gasteiger partial charge >= 0.3 is 0 Å². The van der Waals surface area contributed by atoms with Gasteiger partial charge in [0.2, 0.25) is 0 Å². The number of para-hydroxylation sites is 1. The molecule has 0 aliphatic carbocycles. The summed E-state index contributed by atoms with van der Waals surface area (Å²) in [7, 11) is -3.69. The summed E-state index contributed by atoms with van der Waals surface area (Å²) in [5.74, 6) is 0. The van der Waals surface area contributed by atoms with Crippen molar-refractivity contribution in [2.45, 2.75) is 31.5 Å². The number of anilines is 1. The van der Waals surface area contributed by atoms with Gasteiger partial charge in [-0.25, -0.2) is 8.42 Å². The highest BCUT2D eigenvalue weighted by Gasteiger charge is 2.17. The lowest BCUT2D eigenvalue weighted by Gasteiger charge is -2.24. The highest BCUT2D eigenvalue weighted by Crippen LogP contribution is 2.23. The van der Waals surface area contributed by atoms with Gasteiger partial charge in [-0.05, 0) is 53.4 Å². The SMILES string of the molecule is Cc1cccc(S(=O)(=O)Nc2ccccc2CN(Cc2ccccc2)Cc2cccnc2)c1. The number of aryl methyl sites for hydroxylation is 1. The third kappa shape index (κ3) is 6.28. The first-order valence-electron chi connectivity index (χ1n) is 10.8. The molecule has 3 aromatic carbocycles. The Balaban J connectivity index is 1.60. The Morgan fingerprint density at radius 3 is 2.27 bits per heavy atom. The van der Waals surface area contributed by atoms with Crippen molar-refractivity contribution in [2.75, 3.05) is 4.72 Å². The fraction of sp³-hybridized carbons (Fsp3) is 0.148. The van der Waals surface area contributed by atoms with Gasteiger partial charge in [-0.1, -0.05) is 66.7 Å². The maximum atomic E-state index is 13.0. The van der Waals surface area contributed by atoms with Gasteiger partial charge in [-0.3, -0.25) is 14.6 Å². The second-order valence-electron chi connectivity index (χ2n) is 8.07. The Morgan fingerprint density at radius 1 is 0.788 bits per heavy atom. The molecule has 0 saturated heterocycles. The Morgan fingerprint density at radius 2 is 1.52 bits per heavy atom. The van der Waals surface area contributed by atoms with E-state index in [9.17, 15) is 8.42 Å². The molecule has 0 aliphatic rings. The third-order valence-corrected chi connectivity index (χ3v) is 6.70. The van der Waals surface area contributed by atoms with Crippen molar-refractivity contribution in [3.8, 4) is 0 Å². The van der Waals surface area contributed by atoms with E-state index in [1.54, 1.807) is 24.4 Å². The second kappa shape index (κ2) is 10.4. The standard InChI is InChI=1S/C27H27N3O2S/c1-22-9-7-14-26(17-22)33(31,32)29-27-15-6-5-13-25(27)21-30(19-23-10-3-2-4-11-23)20-24-12-8-16-28-18-24/h2-18,29H,19-21H2,1H3. The fourth-order valence-electron chi connectivity index (χ4n) is 3.74. The van der Waals surface area contributed by atoms with Crippen LogP contribution in [0, 0.1) is 6.92 Å². The van der Waals surface area contributed by atoms with E-state index in [2.05, 4.69) is 32.8 Å². The van der Waals surface area contributed by atoms with Crippen molar-refractivity contribution < 1.29 is 8.42 Å². The summed E-state index contributed by atoms with van der Waals surface area (Å²) < 4.78 is 28.9. The minimum atomic E-state index is -3.69. The Labute approximate surface area is 195 Å². The van der Waals surface area contributed by atoms with E-state index in [1.165, 1.54) is 5.56 Å². The molecule has 4 aromatic rings. The van der Waals surface area contributed by atoms with Crippen molar-refractivity contribution in [2.24, 2.45) is 0 Å². The van der Waals surface area contributed by atoms with Gasteiger partial charge in [-0.2, -0.15) is 0 Å². The molecule has 0 unspecified atom stereocenters. The molecule has 0 spiro atoms. The molecule has 0 bridgehead atoms. The summed E-state index contributed by atoms with van der Waals surface area (Å²) in [4.78, 5) is 6.78. The highest BCUT2D eigenvalue weighted by atomic mass is 32.2. The van der Waals surface area contributed by atoms with Crippen molar-refractivity contribution >= 4 is 15.7 Å². The third-order valence-electron chi connectivity index (χ3n) is 5.33. The Kier molecular flexibility index (Phi) is 7.17. The minimum absolute atomic E-state index is 0.258. The lowest BCUT2D eigenvalue weighted by molar-refractivity contribution is 0.248. The number of aromatic nitrogens is 1. The van der Waals surface area contributed by atoms with E-state index in [0.717, 1.165) is 23.2 Å². The number of sulfonamides is 1. The summed E-state index contributed by atoms with van der Waals surface area (Å²) >= 11 is 0. The molecule has 1 N–H and O–H groups in total. The molecular formula is C27H27N3O2S. The first-order chi connectivity index (χ1) is 16.0. The zero-order valence-corrected chi connectivity index (χ0v) is 19.4. The number of nitrogens with zero attached hydrogens (tertiary/aromatic N) is 2. The summed E-state index contributed by atoms with van der Waals surface area (Å²) in [6.45, 7) is 3.89. The van der Waals surface area contributed by atoms with Crippen LogP contribution >= 0.6 is 0 Å². The van der Waals surface area contributed by atoms with E-state index in [4.69, 9.17) is 0 Å². The lowest BCUT2D eigenvalue weighted by atomic mass is 10.1. The van der Waals surface area contributed by atoms with E-state index in [-0.39, 0.29) is 4.90 Å². The quantitative estimate of drug-likeness (QED) is 0.366. The molecule has 5 nitrogen and oxygen atoms in total. The van der Waals surface area contributed by atoms with Gasteiger partial charge in [0, 0.05) is 32.0 Å². The van der Waals surface area contributed by atoms with Crippen LogP contribution in [0.15, 0.2) is 108 Å². The maximum Gasteiger partial charge on any atom is 0.261 e. The van der Waals surface area contributed by atoms with Crippen LogP contribution in [0.1, 0.15) is 22.3 Å².